The van der Waals surface area contributed by atoms with E-state index in [-0.39, 0.29) is 6.61 Å². The Bertz CT molecular complexity index is 254. The fourth-order valence-electron chi connectivity index (χ4n) is 2.41. The monoisotopic (exact) mass is 262 g/mol. The molecule has 18 heavy (non-hydrogen) atoms. The van der Waals surface area contributed by atoms with Crippen LogP contribution in [0.4, 0.5) is 0 Å². The molecule has 0 saturated carbocycles. The van der Waals surface area contributed by atoms with Gasteiger partial charge in [0.25, 0.3) is 0 Å². The van der Waals surface area contributed by atoms with Gasteiger partial charge in [-0.2, -0.15) is 0 Å². The fourth-order valence-corrected chi connectivity index (χ4v) is 2.41. The summed E-state index contributed by atoms with van der Waals surface area (Å²) in [5, 5.41) is 19.5. The SMILES string of the molecule is CO[C@H]([C@H]1OC(C)(C)O[C@H]1CO)[C@H](O)CC(C)C. The topological polar surface area (TPSA) is 68.2 Å². The molecule has 1 aliphatic heterocycles. The Kier molecular flexibility index (Phi) is 5.55. The van der Waals surface area contributed by atoms with Crippen LogP contribution in [0.5, 0.6) is 0 Å². The first-order chi connectivity index (χ1) is 8.30. The molecule has 1 saturated heterocycles. The van der Waals surface area contributed by atoms with Crippen molar-refractivity contribution in [1.82, 2.24) is 0 Å². The Hall–Kier alpha value is -0.200. The number of aliphatic hydroxyl groups is 2. The highest BCUT2D eigenvalue weighted by atomic mass is 16.8. The molecule has 0 radical (unpaired) electrons. The van der Waals surface area contributed by atoms with Crippen molar-refractivity contribution in [3.05, 3.63) is 0 Å². The van der Waals surface area contributed by atoms with Gasteiger partial charge in [-0.25, -0.2) is 0 Å². The van der Waals surface area contributed by atoms with E-state index in [1.165, 1.54) is 7.11 Å². The second kappa shape index (κ2) is 6.30. The Morgan fingerprint density at radius 1 is 1.28 bits per heavy atom. The van der Waals surface area contributed by atoms with Crippen molar-refractivity contribution in [2.24, 2.45) is 5.92 Å². The lowest BCUT2D eigenvalue weighted by molar-refractivity contribution is -0.167. The highest BCUT2D eigenvalue weighted by Crippen LogP contribution is 2.32. The summed E-state index contributed by atoms with van der Waals surface area (Å²) >= 11 is 0. The minimum absolute atomic E-state index is 0.150. The maximum Gasteiger partial charge on any atom is 0.164 e. The molecule has 1 rings (SSSR count). The zero-order valence-electron chi connectivity index (χ0n) is 11.9. The summed E-state index contributed by atoms with van der Waals surface area (Å²) < 4.78 is 16.7. The molecule has 0 aliphatic carbocycles. The van der Waals surface area contributed by atoms with E-state index in [2.05, 4.69) is 0 Å². The predicted molar refractivity (Wildman–Crippen MR) is 67.2 cm³/mol. The van der Waals surface area contributed by atoms with Gasteiger partial charge >= 0.3 is 0 Å². The van der Waals surface area contributed by atoms with Crippen LogP contribution in [0, 0.1) is 5.92 Å². The van der Waals surface area contributed by atoms with Gasteiger partial charge in [0.05, 0.1) is 12.7 Å². The van der Waals surface area contributed by atoms with Gasteiger partial charge in [-0.15, -0.1) is 0 Å². The van der Waals surface area contributed by atoms with Crippen LogP contribution < -0.4 is 0 Å². The molecule has 0 spiro atoms. The Morgan fingerprint density at radius 2 is 1.89 bits per heavy atom. The highest BCUT2D eigenvalue weighted by molar-refractivity contribution is 4.90. The summed E-state index contributed by atoms with van der Waals surface area (Å²) in [7, 11) is 1.54. The normalized spacial score (nSPS) is 30.7. The second-order valence-electron chi connectivity index (χ2n) is 5.72. The van der Waals surface area contributed by atoms with Gasteiger partial charge in [-0.1, -0.05) is 13.8 Å². The summed E-state index contributed by atoms with van der Waals surface area (Å²) in [4.78, 5) is 0. The average Bonchev–Trinajstić information content (AvgIpc) is 2.54. The Balaban J connectivity index is 2.74. The third kappa shape index (κ3) is 3.90. The van der Waals surface area contributed by atoms with Crippen molar-refractivity contribution >= 4 is 0 Å². The number of methoxy groups -OCH3 is 1. The summed E-state index contributed by atoms with van der Waals surface area (Å²) in [6.07, 6.45) is -1.43. The molecule has 5 nitrogen and oxygen atoms in total. The van der Waals surface area contributed by atoms with Crippen molar-refractivity contribution in [2.75, 3.05) is 13.7 Å². The lowest BCUT2D eigenvalue weighted by atomic mass is 9.96. The lowest BCUT2D eigenvalue weighted by Crippen LogP contribution is -2.46. The van der Waals surface area contributed by atoms with Crippen molar-refractivity contribution in [2.45, 2.75) is 64.3 Å². The van der Waals surface area contributed by atoms with Crippen molar-refractivity contribution in [3.63, 3.8) is 0 Å². The van der Waals surface area contributed by atoms with E-state index in [0.29, 0.717) is 12.3 Å². The Labute approximate surface area is 109 Å². The van der Waals surface area contributed by atoms with Gasteiger partial charge in [0.2, 0.25) is 0 Å². The lowest BCUT2D eigenvalue weighted by Gasteiger charge is -2.29. The van der Waals surface area contributed by atoms with E-state index in [1.54, 1.807) is 13.8 Å². The second-order valence-corrected chi connectivity index (χ2v) is 5.72. The van der Waals surface area contributed by atoms with Gasteiger partial charge in [0, 0.05) is 7.11 Å². The first kappa shape index (κ1) is 15.9. The average molecular weight is 262 g/mol. The number of hydrogen-bond acceptors (Lipinski definition) is 5. The van der Waals surface area contributed by atoms with Gasteiger partial charge in [0.1, 0.15) is 18.3 Å². The zero-order chi connectivity index (χ0) is 13.9. The van der Waals surface area contributed by atoms with Crippen LogP contribution in [-0.4, -0.2) is 54.1 Å². The van der Waals surface area contributed by atoms with Gasteiger partial charge in [-0.05, 0) is 26.2 Å². The molecule has 1 aliphatic rings. The first-order valence-corrected chi connectivity index (χ1v) is 6.48. The molecule has 5 heteroatoms. The van der Waals surface area contributed by atoms with Crippen molar-refractivity contribution in [3.8, 4) is 0 Å². The minimum Gasteiger partial charge on any atom is -0.394 e. The largest absolute Gasteiger partial charge is 0.394 e. The molecule has 108 valence electrons. The molecular formula is C13H26O5. The standard InChI is InChI=1S/C13H26O5/c1-8(2)6-9(15)11(16-5)12-10(7-14)17-13(3,4)18-12/h8-12,14-15H,6-7H2,1-5H3/t9-,10+,11+,12+/m1/s1. The molecule has 1 heterocycles. The highest BCUT2D eigenvalue weighted by Gasteiger charge is 2.47. The first-order valence-electron chi connectivity index (χ1n) is 6.48. The summed E-state index contributed by atoms with van der Waals surface area (Å²) in [6.45, 7) is 7.50. The fraction of sp³-hybridized carbons (Fsp3) is 1.00. The van der Waals surface area contributed by atoms with Gasteiger partial charge in [-0.3, -0.25) is 0 Å². The van der Waals surface area contributed by atoms with Crippen LogP contribution in [0.3, 0.4) is 0 Å². The van der Waals surface area contributed by atoms with Crippen LogP contribution in [-0.2, 0) is 14.2 Å². The minimum atomic E-state index is -0.758. The summed E-state index contributed by atoms with van der Waals surface area (Å²) in [6, 6.07) is 0. The molecular weight excluding hydrogens is 236 g/mol. The van der Waals surface area contributed by atoms with E-state index in [4.69, 9.17) is 14.2 Å². The van der Waals surface area contributed by atoms with Crippen molar-refractivity contribution in [1.29, 1.82) is 0 Å². The van der Waals surface area contributed by atoms with Crippen LogP contribution in [0.2, 0.25) is 0 Å². The predicted octanol–water partition coefficient (Wildman–Crippen LogP) is 0.921. The summed E-state index contributed by atoms with van der Waals surface area (Å²) in [5.74, 6) is -0.396. The van der Waals surface area contributed by atoms with Crippen LogP contribution in [0.15, 0.2) is 0 Å². The molecule has 2 N–H and O–H groups in total. The summed E-state index contributed by atoms with van der Waals surface area (Å²) in [5.41, 5.74) is 0. The van der Waals surface area contributed by atoms with Crippen LogP contribution in [0.25, 0.3) is 0 Å². The van der Waals surface area contributed by atoms with E-state index in [0.717, 1.165) is 0 Å². The van der Waals surface area contributed by atoms with E-state index >= 15 is 0 Å². The molecule has 0 unspecified atom stereocenters. The van der Waals surface area contributed by atoms with Crippen molar-refractivity contribution < 1.29 is 24.4 Å². The molecule has 0 bridgehead atoms. The number of ether oxygens (including phenoxy) is 3. The van der Waals surface area contributed by atoms with E-state index in [1.807, 2.05) is 13.8 Å². The zero-order valence-corrected chi connectivity index (χ0v) is 11.9. The molecule has 4 atom stereocenters. The smallest absolute Gasteiger partial charge is 0.164 e. The molecule has 0 amide bonds. The maximum absolute atomic E-state index is 10.2. The third-order valence-corrected chi connectivity index (χ3v) is 3.09. The van der Waals surface area contributed by atoms with Gasteiger partial charge < -0.3 is 24.4 Å². The van der Waals surface area contributed by atoms with E-state index < -0.39 is 30.2 Å². The van der Waals surface area contributed by atoms with Crippen LogP contribution >= 0.6 is 0 Å². The Morgan fingerprint density at radius 3 is 2.33 bits per heavy atom. The van der Waals surface area contributed by atoms with Crippen LogP contribution in [0.1, 0.15) is 34.1 Å². The molecule has 0 aromatic heterocycles. The number of aliphatic hydroxyl groups excluding tert-OH is 2. The molecule has 0 aromatic carbocycles. The van der Waals surface area contributed by atoms with E-state index in [9.17, 15) is 10.2 Å². The third-order valence-electron chi connectivity index (χ3n) is 3.09. The number of rotatable bonds is 6. The maximum atomic E-state index is 10.2. The van der Waals surface area contributed by atoms with Gasteiger partial charge in [0.15, 0.2) is 5.79 Å². The number of hydrogen-bond donors (Lipinski definition) is 2. The molecule has 0 aromatic rings. The quantitative estimate of drug-likeness (QED) is 0.745. The molecule has 1 fully saturated rings.